The van der Waals surface area contributed by atoms with E-state index in [1.807, 2.05) is 14.0 Å². The minimum Gasteiger partial charge on any atom is -0.392 e. The Morgan fingerprint density at radius 3 is 2.53 bits per heavy atom. The maximum atomic E-state index is 9.71. The Morgan fingerprint density at radius 1 is 1.35 bits per heavy atom. The summed E-state index contributed by atoms with van der Waals surface area (Å²) < 4.78 is 0. The van der Waals surface area contributed by atoms with Crippen LogP contribution in [0.5, 0.6) is 0 Å². The molecule has 0 aliphatic heterocycles. The number of hydrogen-bond donors (Lipinski definition) is 3. The molecular formula is C12H20N4O. The molecule has 17 heavy (non-hydrogen) atoms. The highest BCUT2D eigenvalue weighted by atomic mass is 16.3. The Morgan fingerprint density at radius 2 is 2.00 bits per heavy atom. The summed E-state index contributed by atoms with van der Waals surface area (Å²) >= 11 is 0. The van der Waals surface area contributed by atoms with Gasteiger partial charge in [0.25, 0.3) is 0 Å². The lowest BCUT2D eigenvalue weighted by molar-refractivity contribution is -0.0511. The molecule has 1 aliphatic carbocycles. The van der Waals surface area contributed by atoms with E-state index in [2.05, 4.69) is 34.4 Å². The van der Waals surface area contributed by atoms with Crippen molar-refractivity contribution in [3.8, 4) is 0 Å². The van der Waals surface area contributed by atoms with Crippen LogP contribution < -0.4 is 10.6 Å². The van der Waals surface area contributed by atoms with Crippen molar-refractivity contribution in [3.63, 3.8) is 0 Å². The van der Waals surface area contributed by atoms with Gasteiger partial charge in [-0.05, 0) is 13.3 Å². The van der Waals surface area contributed by atoms with Crippen LogP contribution in [0.25, 0.3) is 0 Å². The molecule has 1 fully saturated rings. The van der Waals surface area contributed by atoms with Crippen LogP contribution in [0.1, 0.15) is 25.8 Å². The smallest absolute Gasteiger partial charge is 0.134 e. The van der Waals surface area contributed by atoms with Crippen molar-refractivity contribution < 1.29 is 5.11 Å². The molecule has 1 heterocycles. The molecule has 1 saturated carbocycles. The second kappa shape index (κ2) is 4.14. The zero-order valence-corrected chi connectivity index (χ0v) is 10.8. The lowest BCUT2D eigenvalue weighted by Crippen LogP contribution is -2.57. The van der Waals surface area contributed by atoms with Crippen molar-refractivity contribution in [2.75, 3.05) is 17.7 Å². The minimum atomic E-state index is -0.231. The van der Waals surface area contributed by atoms with Gasteiger partial charge in [0, 0.05) is 24.1 Å². The summed E-state index contributed by atoms with van der Waals surface area (Å²) in [6.07, 6.45) is 2.08. The second-order valence-corrected chi connectivity index (χ2v) is 5.22. The van der Waals surface area contributed by atoms with Crippen molar-refractivity contribution in [2.45, 2.75) is 39.3 Å². The SMILES string of the molecule is CNc1ncnc(NC2CC(O)C2(C)C)c1C. The van der Waals surface area contributed by atoms with Crippen molar-refractivity contribution in [1.29, 1.82) is 0 Å². The third kappa shape index (κ3) is 1.95. The summed E-state index contributed by atoms with van der Waals surface area (Å²) in [4.78, 5) is 8.40. The van der Waals surface area contributed by atoms with Gasteiger partial charge in [0.1, 0.15) is 18.0 Å². The van der Waals surface area contributed by atoms with E-state index in [0.717, 1.165) is 23.6 Å². The Balaban J connectivity index is 2.15. The van der Waals surface area contributed by atoms with E-state index < -0.39 is 0 Å². The summed E-state index contributed by atoms with van der Waals surface area (Å²) in [5.41, 5.74) is 0.907. The molecule has 1 aromatic rings. The highest BCUT2D eigenvalue weighted by Crippen LogP contribution is 2.42. The average molecular weight is 236 g/mol. The van der Waals surface area contributed by atoms with Gasteiger partial charge in [-0.1, -0.05) is 13.8 Å². The average Bonchev–Trinajstić information content (AvgIpc) is 2.31. The van der Waals surface area contributed by atoms with Crippen LogP contribution in [0.3, 0.4) is 0 Å². The van der Waals surface area contributed by atoms with Crippen molar-refractivity contribution >= 4 is 11.6 Å². The Bertz CT molecular complexity index is 419. The van der Waals surface area contributed by atoms with Crippen LogP contribution in [-0.2, 0) is 0 Å². The fourth-order valence-electron chi connectivity index (χ4n) is 2.16. The molecule has 0 amide bonds. The first-order valence-electron chi connectivity index (χ1n) is 5.90. The molecule has 5 nitrogen and oxygen atoms in total. The lowest BCUT2D eigenvalue weighted by Gasteiger charge is -2.49. The number of aliphatic hydroxyl groups excluding tert-OH is 1. The molecule has 0 bridgehead atoms. The summed E-state index contributed by atoms with van der Waals surface area (Å²) in [6, 6.07) is 0.260. The molecule has 0 spiro atoms. The third-order valence-electron chi connectivity index (χ3n) is 3.85. The van der Waals surface area contributed by atoms with E-state index in [0.29, 0.717) is 0 Å². The maximum absolute atomic E-state index is 9.71. The molecule has 1 aliphatic rings. The summed E-state index contributed by atoms with van der Waals surface area (Å²) in [6.45, 7) is 6.11. The fraction of sp³-hybridized carbons (Fsp3) is 0.667. The zero-order valence-electron chi connectivity index (χ0n) is 10.8. The van der Waals surface area contributed by atoms with E-state index in [1.165, 1.54) is 0 Å². The Labute approximate surface area is 102 Å². The predicted molar refractivity (Wildman–Crippen MR) is 68.1 cm³/mol. The largest absolute Gasteiger partial charge is 0.392 e. The van der Waals surface area contributed by atoms with Gasteiger partial charge in [0.2, 0.25) is 0 Å². The van der Waals surface area contributed by atoms with E-state index in [4.69, 9.17) is 0 Å². The van der Waals surface area contributed by atoms with Crippen molar-refractivity contribution in [1.82, 2.24) is 9.97 Å². The van der Waals surface area contributed by atoms with Crippen LogP contribution >= 0.6 is 0 Å². The van der Waals surface area contributed by atoms with Gasteiger partial charge in [0.05, 0.1) is 6.10 Å². The van der Waals surface area contributed by atoms with E-state index >= 15 is 0 Å². The van der Waals surface area contributed by atoms with Crippen LogP contribution in [0, 0.1) is 12.3 Å². The standard InChI is InChI=1S/C12H20N4O/c1-7-10(13-4)14-6-15-11(7)16-8-5-9(17)12(8,2)3/h6,8-9,17H,5H2,1-4H3,(H2,13,14,15,16). The summed E-state index contributed by atoms with van der Waals surface area (Å²) in [5, 5.41) is 16.1. The van der Waals surface area contributed by atoms with Crippen molar-refractivity contribution in [2.24, 2.45) is 5.41 Å². The van der Waals surface area contributed by atoms with E-state index in [-0.39, 0.29) is 17.6 Å². The molecule has 2 atom stereocenters. The van der Waals surface area contributed by atoms with Gasteiger partial charge in [-0.25, -0.2) is 9.97 Å². The molecule has 2 rings (SSSR count). The number of nitrogens with one attached hydrogen (secondary N) is 2. The highest BCUT2D eigenvalue weighted by molar-refractivity contribution is 5.56. The number of rotatable bonds is 3. The monoisotopic (exact) mass is 236 g/mol. The van der Waals surface area contributed by atoms with E-state index in [1.54, 1.807) is 6.33 Å². The number of anilines is 2. The van der Waals surface area contributed by atoms with Crippen LogP contribution in [0.15, 0.2) is 6.33 Å². The normalized spacial score (nSPS) is 26.2. The molecule has 1 aromatic heterocycles. The zero-order chi connectivity index (χ0) is 12.6. The number of hydrogen-bond acceptors (Lipinski definition) is 5. The molecule has 94 valence electrons. The first-order valence-corrected chi connectivity index (χ1v) is 5.90. The van der Waals surface area contributed by atoms with Crippen LogP contribution in [0.4, 0.5) is 11.6 Å². The molecule has 5 heteroatoms. The van der Waals surface area contributed by atoms with Crippen LogP contribution in [0.2, 0.25) is 0 Å². The molecule has 0 saturated heterocycles. The Kier molecular flexibility index (Phi) is 2.95. The molecule has 0 aromatic carbocycles. The quantitative estimate of drug-likeness (QED) is 0.740. The topological polar surface area (TPSA) is 70.1 Å². The van der Waals surface area contributed by atoms with E-state index in [9.17, 15) is 5.11 Å². The minimum absolute atomic E-state index is 0.100. The second-order valence-electron chi connectivity index (χ2n) is 5.22. The summed E-state index contributed by atoms with van der Waals surface area (Å²) in [7, 11) is 1.84. The number of aromatic nitrogens is 2. The summed E-state index contributed by atoms with van der Waals surface area (Å²) in [5.74, 6) is 1.68. The third-order valence-corrected chi connectivity index (χ3v) is 3.85. The van der Waals surface area contributed by atoms with Gasteiger partial charge in [0.15, 0.2) is 0 Å². The van der Waals surface area contributed by atoms with Gasteiger partial charge in [-0.15, -0.1) is 0 Å². The van der Waals surface area contributed by atoms with Gasteiger partial charge in [-0.2, -0.15) is 0 Å². The Hall–Kier alpha value is -1.36. The number of nitrogens with zero attached hydrogens (tertiary/aromatic N) is 2. The van der Waals surface area contributed by atoms with Gasteiger partial charge in [-0.3, -0.25) is 0 Å². The van der Waals surface area contributed by atoms with Crippen molar-refractivity contribution in [3.05, 3.63) is 11.9 Å². The molecule has 0 radical (unpaired) electrons. The van der Waals surface area contributed by atoms with Gasteiger partial charge >= 0.3 is 0 Å². The number of aliphatic hydroxyl groups is 1. The fourth-order valence-corrected chi connectivity index (χ4v) is 2.16. The maximum Gasteiger partial charge on any atom is 0.134 e. The highest BCUT2D eigenvalue weighted by Gasteiger charge is 2.47. The predicted octanol–water partition coefficient (Wildman–Crippen LogP) is 1.40. The molecule has 2 unspecified atom stereocenters. The molecule has 3 N–H and O–H groups in total. The molecular weight excluding hydrogens is 216 g/mol. The first kappa shape index (κ1) is 12.1. The first-order chi connectivity index (χ1) is 7.96. The van der Waals surface area contributed by atoms with Gasteiger partial charge < -0.3 is 15.7 Å². The lowest BCUT2D eigenvalue weighted by atomic mass is 9.64. The van der Waals surface area contributed by atoms with Crippen LogP contribution in [-0.4, -0.2) is 34.3 Å².